The lowest BCUT2D eigenvalue weighted by molar-refractivity contribution is -0.205. The molecule has 3 N–H and O–H groups in total. The minimum atomic E-state index is -1.10. The lowest BCUT2D eigenvalue weighted by Gasteiger charge is -2.36. The number of aliphatic hydroxyl groups excluding tert-OH is 3. The summed E-state index contributed by atoms with van der Waals surface area (Å²) in [6, 6.07) is 0. The van der Waals surface area contributed by atoms with E-state index in [0.717, 1.165) is 6.42 Å². The number of ether oxygens (including phenoxy) is 2. The van der Waals surface area contributed by atoms with E-state index in [2.05, 4.69) is 13.0 Å². The molecule has 1 saturated heterocycles. The molecule has 1 aliphatic heterocycles. The average molecular weight is 415 g/mol. The van der Waals surface area contributed by atoms with Crippen LogP contribution < -0.4 is 0 Å². The highest BCUT2D eigenvalue weighted by atomic mass is 16.6. The van der Waals surface area contributed by atoms with Crippen LogP contribution >= 0.6 is 0 Å². The van der Waals surface area contributed by atoms with E-state index in [1.54, 1.807) is 0 Å². The Balaban J connectivity index is 1.85. The number of hydrogen-bond donors (Lipinski definition) is 3. The van der Waals surface area contributed by atoms with Gasteiger partial charge in [-0.2, -0.15) is 0 Å². The van der Waals surface area contributed by atoms with E-state index >= 15 is 0 Å². The highest BCUT2D eigenvalue weighted by Crippen LogP contribution is 2.18. The Kier molecular flexibility index (Phi) is 16.8. The first-order valence-electron chi connectivity index (χ1n) is 12.1. The number of allylic oxidation sites excluding steroid dienone is 1. The van der Waals surface area contributed by atoms with Gasteiger partial charge in [-0.05, 0) is 12.8 Å². The van der Waals surface area contributed by atoms with Gasteiger partial charge < -0.3 is 24.8 Å². The molecule has 1 heterocycles. The number of unbranched alkanes of at least 4 members (excludes halogenated alkanes) is 13. The van der Waals surface area contributed by atoms with Crippen molar-refractivity contribution < 1.29 is 24.8 Å². The molecule has 5 heteroatoms. The van der Waals surface area contributed by atoms with Crippen LogP contribution in [0.1, 0.15) is 96.8 Å². The van der Waals surface area contributed by atoms with Gasteiger partial charge in [-0.15, -0.1) is 0 Å². The first-order valence-corrected chi connectivity index (χ1v) is 12.1. The largest absolute Gasteiger partial charge is 0.394 e. The van der Waals surface area contributed by atoms with Gasteiger partial charge in [-0.1, -0.05) is 96.1 Å². The normalized spacial score (nSPS) is 25.1. The van der Waals surface area contributed by atoms with Crippen molar-refractivity contribution in [1.82, 2.24) is 0 Å². The van der Waals surface area contributed by atoms with Crippen LogP contribution in [0.3, 0.4) is 0 Å². The molecule has 0 spiro atoms. The van der Waals surface area contributed by atoms with Crippen LogP contribution in [-0.4, -0.2) is 59.6 Å². The summed E-state index contributed by atoms with van der Waals surface area (Å²) >= 11 is 0. The molecule has 1 rings (SSSR count). The number of rotatable bonds is 18. The predicted molar refractivity (Wildman–Crippen MR) is 118 cm³/mol. The smallest absolute Gasteiger partial charge is 0.111 e. The fourth-order valence-corrected chi connectivity index (χ4v) is 3.81. The molecule has 4 atom stereocenters. The van der Waals surface area contributed by atoms with Gasteiger partial charge >= 0.3 is 0 Å². The van der Waals surface area contributed by atoms with Crippen molar-refractivity contribution in [3.8, 4) is 0 Å². The Morgan fingerprint density at radius 1 is 0.793 bits per heavy atom. The second-order valence-corrected chi connectivity index (χ2v) is 8.41. The summed E-state index contributed by atoms with van der Waals surface area (Å²) in [6.07, 6.45) is 19.5. The van der Waals surface area contributed by atoms with Crippen molar-refractivity contribution >= 4 is 0 Å². The topological polar surface area (TPSA) is 79.2 Å². The van der Waals surface area contributed by atoms with Gasteiger partial charge in [-0.25, -0.2) is 0 Å². The second kappa shape index (κ2) is 18.3. The maximum atomic E-state index is 9.98. The first-order chi connectivity index (χ1) is 14.2. The minimum absolute atomic E-state index is 0.191. The molecule has 0 unspecified atom stereocenters. The van der Waals surface area contributed by atoms with E-state index in [9.17, 15) is 10.2 Å². The van der Waals surface area contributed by atoms with Crippen molar-refractivity contribution in [3.63, 3.8) is 0 Å². The van der Waals surface area contributed by atoms with Crippen molar-refractivity contribution in [2.45, 2.75) is 121 Å². The molecule has 1 aliphatic rings. The molecule has 0 aromatic heterocycles. The maximum absolute atomic E-state index is 9.98. The number of aliphatic hydroxyl groups is 3. The molecule has 0 bridgehead atoms. The molecule has 0 aromatic rings. The summed E-state index contributed by atoms with van der Waals surface area (Å²) in [7, 11) is 0. The summed E-state index contributed by atoms with van der Waals surface area (Å²) < 4.78 is 10.9. The Labute approximate surface area is 178 Å². The standard InChI is InChI=1S/C24H46O5/c1-2-3-4-5-6-7-8-9-10-11-12-13-14-15-16-17-18-28-22-20-29-21(19-25)23(26)24(22)27/h16-17,21-27H,2-15,18-20H2,1H3/b17-16+/t21-,22+,23-,24-/m1/s1. The third kappa shape index (κ3) is 12.7. The van der Waals surface area contributed by atoms with Gasteiger partial charge in [0.25, 0.3) is 0 Å². The van der Waals surface area contributed by atoms with Gasteiger partial charge in [0, 0.05) is 0 Å². The van der Waals surface area contributed by atoms with Gasteiger partial charge in [0.2, 0.25) is 0 Å². The van der Waals surface area contributed by atoms with Gasteiger partial charge in [0.05, 0.1) is 19.8 Å². The average Bonchev–Trinajstić information content (AvgIpc) is 2.73. The number of hydrogen-bond acceptors (Lipinski definition) is 5. The molecule has 0 amide bonds. The van der Waals surface area contributed by atoms with Crippen molar-refractivity contribution in [1.29, 1.82) is 0 Å². The zero-order valence-corrected chi connectivity index (χ0v) is 18.6. The SMILES string of the molecule is CCCCCCCCCCCCCCC/C=C/CO[C@H]1CO[C@H](CO)[C@@H](O)[C@@H]1O. The zero-order chi connectivity index (χ0) is 21.2. The first kappa shape index (κ1) is 26.6. The van der Waals surface area contributed by atoms with Crippen LogP contribution in [0.2, 0.25) is 0 Å². The van der Waals surface area contributed by atoms with Gasteiger partial charge in [-0.3, -0.25) is 0 Å². The van der Waals surface area contributed by atoms with Crippen LogP contribution in [0, 0.1) is 0 Å². The fraction of sp³-hybridized carbons (Fsp3) is 0.917. The Morgan fingerprint density at radius 3 is 1.90 bits per heavy atom. The third-order valence-electron chi connectivity index (χ3n) is 5.81. The molecule has 0 aromatic carbocycles. The van der Waals surface area contributed by atoms with Crippen molar-refractivity contribution in [2.75, 3.05) is 19.8 Å². The lowest BCUT2D eigenvalue weighted by atomic mass is 10.0. The molecular weight excluding hydrogens is 368 g/mol. The monoisotopic (exact) mass is 414 g/mol. The third-order valence-corrected chi connectivity index (χ3v) is 5.81. The van der Waals surface area contributed by atoms with Gasteiger partial charge in [0.15, 0.2) is 0 Å². The maximum Gasteiger partial charge on any atom is 0.111 e. The Bertz CT molecular complexity index is 387. The minimum Gasteiger partial charge on any atom is -0.394 e. The molecule has 0 saturated carbocycles. The van der Waals surface area contributed by atoms with Gasteiger partial charge in [0.1, 0.15) is 24.4 Å². The molecule has 29 heavy (non-hydrogen) atoms. The van der Waals surface area contributed by atoms with E-state index in [1.165, 1.54) is 83.5 Å². The fourth-order valence-electron chi connectivity index (χ4n) is 3.81. The summed E-state index contributed by atoms with van der Waals surface area (Å²) in [5.74, 6) is 0. The van der Waals surface area contributed by atoms with Crippen molar-refractivity contribution in [2.24, 2.45) is 0 Å². The zero-order valence-electron chi connectivity index (χ0n) is 18.6. The lowest BCUT2D eigenvalue weighted by Crippen LogP contribution is -2.54. The van der Waals surface area contributed by atoms with Crippen LogP contribution in [-0.2, 0) is 9.47 Å². The van der Waals surface area contributed by atoms with E-state index in [4.69, 9.17) is 14.6 Å². The second-order valence-electron chi connectivity index (χ2n) is 8.41. The highest BCUT2D eigenvalue weighted by molar-refractivity contribution is 4.89. The van der Waals surface area contributed by atoms with E-state index in [1.807, 2.05) is 6.08 Å². The Hall–Kier alpha value is -0.460. The highest BCUT2D eigenvalue weighted by Gasteiger charge is 2.38. The van der Waals surface area contributed by atoms with Crippen LogP contribution in [0.25, 0.3) is 0 Å². The van der Waals surface area contributed by atoms with Crippen LogP contribution in [0.4, 0.5) is 0 Å². The van der Waals surface area contributed by atoms with E-state index in [0.29, 0.717) is 6.61 Å². The summed E-state index contributed by atoms with van der Waals surface area (Å²) in [6.45, 7) is 2.56. The molecular formula is C24H46O5. The van der Waals surface area contributed by atoms with E-state index < -0.39 is 24.4 Å². The summed E-state index contributed by atoms with van der Waals surface area (Å²) in [5, 5.41) is 28.9. The molecule has 5 nitrogen and oxygen atoms in total. The quantitative estimate of drug-likeness (QED) is 0.227. The van der Waals surface area contributed by atoms with E-state index in [-0.39, 0.29) is 13.2 Å². The summed E-state index contributed by atoms with van der Waals surface area (Å²) in [4.78, 5) is 0. The molecule has 1 fully saturated rings. The van der Waals surface area contributed by atoms with Crippen LogP contribution in [0.5, 0.6) is 0 Å². The van der Waals surface area contributed by atoms with Crippen molar-refractivity contribution in [3.05, 3.63) is 12.2 Å². The molecule has 172 valence electrons. The Morgan fingerprint density at radius 2 is 1.34 bits per heavy atom. The molecule has 0 aliphatic carbocycles. The molecule has 0 radical (unpaired) electrons. The van der Waals surface area contributed by atoms with Crippen LogP contribution in [0.15, 0.2) is 12.2 Å². The predicted octanol–water partition coefficient (Wildman–Crippen LogP) is 4.52. The summed E-state index contributed by atoms with van der Waals surface area (Å²) in [5.41, 5.74) is 0.